The van der Waals surface area contributed by atoms with E-state index in [0.29, 0.717) is 16.5 Å². The maximum atomic E-state index is 12.5. The van der Waals surface area contributed by atoms with Crippen LogP contribution in [0.1, 0.15) is 30.5 Å². The van der Waals surface area contributed by atoms with Gasteiger partial charge in [0, 0.05) is 11.2 Å². The molecule has 0 bridgehead atoms. The molecule has 0 aliphatic rings. The smallest absolute Gasteiger partial charge is 0.349 e. The van der Waals surface area contributed by atoms with Crippen LogP contribution >= 0.6 is 23.4 Å². The van der Waals surface area contributed by atoms with E-state index in [1.54, 1.807) is 12.1 Å². The second kappa shape index (κ2) is 8.58. The van der Waals surface area contributed by atoms with Crippen LogP contribution in [0.4, 0.5) is 13.2 Å². The Balaban J connectivity index is 1.91. The van der Waals surface area contributed by atoms with Crippen LogP contribution in [-0.4, -0.2) is 16.6 Å². The number of halogens is 4. The van der Waals surface area contributed by atoms with Crippen molar-refractivity contribution in [2.75, 3.05) is 5.75 Å². The minimum absolute atomic E-state index is 0.0649. The summed E-state index contributed by atoms with van der Waals surface area (Å²) in [5.41, 5.74) is 0.0920. The molecule has 1 unspecified atom stereocenters. The second-order valence-electron chi connectivity index (χ2n) is 5.25. The molecule has 0 aliphatic carbocycles. The minimum atomic E-state index is -4.42. The normalized spacial score (nSPS) is 12.7. The van der Waals surface area contributed by atoms with E-state index < -0.39 is 11.7 Å². The molecule has 1 aromatic carbocycles. The van der Waals surface area contributed by atoms with E-state index in [2.05, 4.69) is 10.3 Å². The fourth-order valence-corrected chi connectivity index (χ4v) is 3.01. The third kappa shape index (κ3) is 5.93. The van der Waals surface area contributed by atoms with E-state index in [1.165, 1.54) is 6.07 Å². The molecule has 2 aromatic rings. The van der Waals surface area contributed by atoms with Crippen molar-refractivity contribution < 1.29 is 18.0 Å². The Morgan fingerprint density at radius 3 is 2.64 bits per heavy atom. The van der Waals surface area contributed by atoms with Gasteiger partial charge in [0.2, 0.25) is 5.91 Å². The number of pyridine rings is 1. The number of carbonyl (C=O) groups excluding carboxylic acids is 1. The molecule has 3 nitrogen and oxygen atoms in total. The van der Waals surface area contributed by atoms with Crippen LogP contribution in [0.15, 0.2) is 47.6 Å². The Hall–Kier alpha value is -1.73. The third-order valence-electron chi connectivity index (χ3n) is 3.41. The molecule has 1 N–H and O–H groups in total. The van der Waals surface area contributed by atoms with Gasteiger partial charge in [-0.25, -0.2) is 4.98 Å². The lowest BCUT2D eigenvalue weighted by atomic mass is 10.0. The Bertz CT molecular complexity index is 723. The summed E-state index contributed by atoms with van der Waals surface area (Å²) in [7, 11) is 0. The average Bonchev–Trinajstić information content (AvgIpc) is 2.57. The highest BCUT2D eigenvalue weighted by molar-refractivity contribution is 7.99. The van der Waals surface area contributed by atoms with Crippen molar-refractivity contribution in [3.8, 4) is 0 Å². The molecule has 0 radical (unpaired) electrons. The summed E-state index contributed by atoms with van der Waals surface area (Å²) in [6.07, 6.45) is -2.96. The predicted molar refractivity (Wildman–Crippen MR) is 92.6 cm³/mol. The van der Waals surface area contributed by atoms with Crippen molar-refractivity contribution in [2.24, 2.45) is 0 Å². The molecule has 1 heterocycles. The van der Waals surface area contributed by atoms with Gasteiger partial charge in [0.05, 0.1) is 22.4 Å². The number of hydrogen-bond acceptors (Lipinski definition) is 3. The number of nitrogens with zero attached hydrogens (tertiary/aromatic N) is 1. The summed E-state index contributed by atoms with van der Waals surface area (Å²) >= 11 is 7.05. The molecule has 0 saturated carbocycles. The quantitative estimate of drug-likeness (QED) is 0.699. The first-order valence-corrected chi connectivity index (χ1v) is 8.87. The van der Waals surface area contributed by atoms with Gasteiger partial charge in [0.15, 0.2) is 0 Å². The Kier molecular flexibility index (Phi) is 6.72. The topological polar surface area (TPSA) is 42.0 Å². The Labute approximate surface area is 153 Å². The van der Waals surface area contributed by atoms with Crippen LogP contribution < -0.4 is 5.32 Å². The standard InChI is InChI=1S/C17H16ClF3N2OS/c1-2-14(11-4-3-5-13(18)8-11)23-15(24)10-25-16-7-6-12(9-22-16)17(19,20)21/h3-9,14H,2,10H2,1H3,(H,23,24). The number of amides is 1. The van der Waals surface area contributed by atoms with Crippen LogP contribution in [0, 0.1) is 0 Å². The fraction of sp³-hybridized carbons (Fsp3) is 0.294. The van der Waals surface area contributed by atoms with Crippen molar-refractivity contribution in [3.05, 3.63) is 58.7 Å². The zero-order valence-corrected chi connectivity index (χ0v) is 14.9. The van der Waals surface area contributed by atoms with Gasteiger partial charge in [-0.15, -0.1) is 0 Å². The molecule has 0 saturated heterocycles. The van der Waals surface area contributed by atoms with Gasteiger partial charge in [-0.05, 0) is 36.2 Å². The van der Waals surface area contributed by atoms with Crippen LogP contribution in [0.2, 0.25) is 5.02 Å². The number of nitrogens with one attached hydrogen (secondary N) is 1. The molecule has 25 heavy (non-hydrogen) atoms. The van der Waals surface area contributed by atoms with Gasteiger partial charge < -0.3 is 5.32 Å². The molecule has 0 aliphatic heterocycles. The maximum Gasteiger partial charge on any atom is 0.417 e. The number of thioether (sulfide) groups is 1. The van der Waals surface area contributed by atoms with Crippen LogP contribution in [-0.2, 0) is 11.0 Å². The monoisotopic (exact) mass is 388 g/mol. The van der Waals surface area contributed by atoms with Gasteiger partial charge in [-0.2, -0.15) is 13.2 Å². The first-order valence-electron chi connectivity index (χ1n) is 7.50. The molecule has 1 atom stereocenters. The van der Waals surface area contributed by atoms with Crippen LogP contribution in [0.25, 0.3) is 0 Å². The van der Waals surface area contributed by atoms with Crippen molar-refractivity contribution in [3.63, 3.8) is 0 Å². The van der Waals surface area contributed by atoms with E-state index >= 15 is 0 Å². The van der Waals surface area contributed by atoms with Gasteiger partial charge in [-0.3, -0.25) is 4.79 Å². The lowest BCUT2D eigenvalue weighted by Crippen LogP contribution is -2.29. The minimum Gasteiger partial charge on any atom is -0.349 e. The Morgan fingerprint density at radius 2 is 2.08 bits per heavy atom. The molecule has 0 fully saturated rings. The Morgan fingerprint density at radius 1 is 1.32 bits per heavy atom. The van der Waals surface area contributed by atoms with E-state index in [1.807, 2.05) is 19.1 Å². The highest BCUT2D eigenvalue weighted by Gasteiger charge is 2.30. The first-order chi connectivity index (χ1) is 11.8. The van der Waals surface area contributed by atoms with E-state index in [9.17, 15) is 18.0 Å². The van der Waals surface area contributed by atoms with Gasteiger partial charge in [-0.1, -0.05) is 42.4 Å². The molecular formula is C17H16ClF3N2OS. The lowest BCUT2D eigenvalue weighted by molar-refractivity contribution is -0.137. The number of carbonyl (C=O) groups is 1. The number of hydrogen-bond donors (Lipinski definition) is 1. The molecule has 1 amide bonds. The summed E-state index contributed by atoms with van der Waals surface area (Å²) in [6, 6.07) is 9.28. The third-order valence-corrected chi connectivity index (χ3v) is 4.59. The summed E-state index contributed by atoms with van der Waals surface area (Å²) in [6.45, 7) is 1.94. The summed E-state index contributed by atoms with van der Waals surface area (Å²) in [5.74, 6) is -0.159. The van der Waals surface area contributed by atoms with E-state index in [4.69, 9.17) is 11.6 Å². The highest BCUT2D eigenvalue weighted by Crippen LogP contribution is 2.29. The fourth-order valence-electron chi connectivity index (χ4n) is 2.15. The first kappa shape index (κ1) is 19.6. The predicted octanol–water partition coefficient (Wildman–Crippen LogP) is 5.11. The highest BCUT2D eigenvalue weighted by atomic mass is 35.5. The van der Waals surface area contributed by atoms with E-state index in [-0.39, 0.29) is 17.7 Å². The number of benzene rings is 1. The zero-order valence-electron chi connectivity index (χ0n) is 13.3. The summed E-state index contributed by atoms with van der Waals surface area (Å²) in [4.78, 5) is 15.8. The van der Waals surface area contributed by atoms with Gasteiger partial charge in [0.25, 0.3) is 0 Å². The number of aromatic nitrogens is 1. The molecular weight excluding hydrogens is 373 g/mol. The summed E-state index contributed by atoms with van der Waals surface area (Å²) < 4.78 is 37.5. The van der Waals surface area contributed by atoms with E-state index in [0.717, 1.165) is 29.6 Å². The lowest BCUT2D eigenvalue weighted by Gasteiger charge is -2.17. The maximum absolute atomic E-state index is 12.5. The SMILES string of the molecule is CCC(NC(=O)CSc1ccc(C(F)(F)F)cn1)c1cccc(Cl)c1. The molecule has 0 spiro atoms. The molecule has 134 valence electrons. The van der Waals surface area contributed by atoms with Crippen molar-refractivity contribution >= 4 is 29.3 Å². The summed E-state index contributed by atoms with van der Waals surface area (Å²) in [5, 5.41) is 3.84. The van der Waals surface area contributed by atoms with Gasteiger partial charge >= 0.3 is 6.18 Å². The van der Waals surface area contributed by atoms with Gasteiger partial charge in [0.1, 0.15) is 0 Å². The number of alkyl halides is 3. The molecule has 8 heteroatoms. The van der Waals surface area contributed by atoms with Crippen molar-refractivity contribution in [1.82, 2.24) is 10.3 Å². The molecule has 1 aromatic heterocycles. The van der Waals surface area contributed by atoms with Crippen molar-refractivity contribution in [1.29, 1.82) is 0 Å². The number of rotatable bonds is 6. The average molecular weight is 389 g/mol. The van der Waals surface area contributed by atoms with Crippen LogP contribution in [0.3, 0.4) is 0 Å². The van der Waals surface area contributed by atoms with Crippen molar-refractivity contribution in [2.45, 2.75) is 30.6 Å². The zero-order chi connectivity index (χ0) is 18.4. The second-order valence-corrected chi connectivity index (χ2v) is 6.69. The largest absolute Gasteiger partial charge is 0.417 e. The van der Waals surface area contributed by atoms with Crippen LogP contribution in [0.5, 0.6) is 0 Å². The molecule has 2 rings (SSSR count).